The van der Waals surface area contributed by atoms with E-state index in [-0.39, 0.29) is 31.8 Å². The highest BCUT2D eigenvalue weighted by atomic mass is 16.5. The van der Waals surface area contributed by atoms with Gasteiger partial charge in [0.25, 0.3) is 0 Å². The minimum absolute atomic E-state index is 0.0833. The van der Waals surface area contributed by atoms with Crippen molar-refractivity contribution in [2.75, 3.05) is 26.3 Å². The molecule has 2 atom stereocenters. The van der Waals surface area contributed by atoms with Gasteiger partial charge in [-0.3, -0.25) is 0 Å². The number of nitrogens with one attached hydrogen (secondary N) is 1. The van der Waals surface area contributed by atoms with Gasteiger partial charge in [-0.2, -0.15) is 0 Å². The van der Waals surface area contributed by atoms with Crippen molar-refractivity contribution in [1.82, 2.24) is 10.2 Å². The molecule has 1 aliphatic rings. The highest BCUT2D eigenvalue weighted by Gasteiger charge is 2.29. The third-order valence-corrected chi connectivity index (χ3v) is 3.00. The quantitative estimate of drug-likeness (QED) is 0.569. The number of carbonyl (C=O) groups excluding carboxylic acids is 1. The number of hydrogen-bond donors (Lipinski definition) is 3. The van der Waals surface area contributed by atoms with Crippen LogP contribution in [0.4, 0.5) is 4.79 Å². The molecular formula is C12H22N2O5. The van der Waals surface area contributed by atoms with E-state index < -0.39 is 12.1 Å². The molecule has 2 amide bonds. The fourth-order valence-corrected chi connectivity index (χ4v) is 2.23. The number of hydrogen-bond acceptors (Lipinski definition) is 4. The Morgan fingerprint density at radius 1 is 1.53 bits per heavy atom. The zero-order valence-corrected chi connectivity index (χ0v) is 11.2. The predicted octanol–water partition coefficient (Wildman–Crippen LogP) is 0.0325. The number of carbonyl (C=O) groups is 2. The number of nitrogens with zero attached hydrogens (tertiary/aromatic N) is 1. The lowest BCUT2D eigenvalue weighted by atomic mass is 10.1. The standard InChI is InChI=1S/C12H22N2O5/c1-9(15)7-10-3-2-5-14(10)12(18)13-4-6-19-8-11(16)17/h9-10,15H,2-8H2,1H3,(H,13,18)(H,16,17). The molecule has 1 aliphatic heterocycles. The van der Waals surface area contributed by atoms with Gasteiger partial charge >= 0.3 is 12.0 Å². The molecule has 1 fully saturated rings. The number of carboxylic acid groups (broad SMARTS) is 1. The van der Waals surface area contributed by atoms with Gasteiger partial charge in [0.05, 0.1) is 12.7 Å². The van der Waals surface area contributed by atoms with Crippen molar-refractivity contribution in [3.63, 3.8) is 0 Å². The minimum Gasteiger partial charge on any atom is -0.480 e. The summed E-state index contributed by atoms with van der Waals surface area (Å²) in [4.78, 5) is 23.8. The lowest BCUT2D eigenvalue weighted by molar-refractivity contribution is -0.142. The Morgan fingerprint density at radius 2 is 2.26 bits per heavy atom. The van der Waals surface area contributed by atoms with Crippen LogP contribution in [0.25, 0.3) is 0 Å². The molecule has 110 valence electrons. The number of amides is 2. The number of urea groups is 1. The van der Waals surface area contributed by atoms with Gasteiger partial charge in [-0.1, -0.05) is 0 Å². The van der Waals surface area contributed by atoms with Crippen LogP contribution in [-0.4, -0.2) is 65.6 Å². The molecular weight excluding hydrogens is 252 g/mol. The minimum atomic E-state index is -1.03. The molecule has 7 nitrogen and oxygen atoms in total. The highest BCUT2D eigenvalue weighted by Crippen LogP contribution is 2.21. The summed E-state index contributed by atoms with van der Waals surface area (Å²) < 4.78 is 4.83. The van der Waals surface area contributed by atoms with Crippen molar-refractivity contribution in [2.45, 2.75) is 38.3 Å². The molecule has 0 aromatic carbocycles. The van der Waals surface area contributed by atoms with Gasteiger partial charge in [0, 0.05) is 19.1 Å². The number of carboxylic acids is 1. The molecule has 1 rings (SSSR count). The lowest BCUT2D eigenvalue weighted by Gasteiger charge is -2.25. The van der Waals surface area contributed by atoms with Crippen LogP contribution in [0.2, 0.25) is 0 Å². The van der Waals surface area contributed by atoms with Crippen LogP contribution >= 0.6 is 0 Å². The molecule has 19 heavy (non-hydrogen) atoms. The molecule has 2 unspecified atom stereocenters. The SMILES string of the molecule is CC(O)CC1CCCN1C(=O)NCCOCC(=O)O. The van der Waals surface area contributed by atoms with E-state index in [1.807, 2.05) is 0 Å². The van der Waals surface area contributed by atoms with Gasteiger partial charge in [0.15, 0.2) is 0 Å². The second kappa shape index (κ2) is 7.96. The normalized spacial score (nSPS) is 20.3. The van der Waals surface area contributed by atoms with E-state index in [2.05, 4.69) is 5.32 Å². The molecule has 1 saturated heterocycles. The molecule has 0 bridgehead atoms. The van der Waals surface area contributed by atoms with Crippen LogP contribution in [0.3, 0.4) is 0 Å². The first kappa shape index (κ1) is 15.7. The van der Waals surface area contributed by atoms with Crippen molar-refractivity contribution in [2.24, 2.45) is 0 Å². The van der Waals surface area contributed by atoms with Gasteiger partial charge in [0.2, 0.25) is 0 Å². The highest BCUT2D eigenvalue weighted by molar-refractivity contribution is 5.74. The molecule has 0 aromatic heterocycles. The largest absolute Gasteiger partial charge is 0.480 e. The van der Waals surface area contributed by atoms with Crippen LogP contribution in [-0.2, 0) is 9.53 Å². The first-order chi connectivity index (χ1) is 9.00. The Labute approximate surface area is 112 Å². The van der Waals surface area contributed by atoms with Gasteiger partial charge in [-0.05, 0) is 26.2 Å². The second-order valence-corrected chi connectivity index (χ2v) is 4.75. The smallest absolute Gasteiger partial charge is 0.329 e. The Hall–Kier alpha value is -1.34. The number of aliphatic hydroxyl groups is 1. The van der Waals surface area contributed by atoms with Crippen molar-refractivity contribution in [3.05, 3.63) is 0 Å². The van der Waals surface area contributed by atoms with Crippen molar-refractivity contribution in [3.8, 4) is 0 Å². The number of likely N-dealkylation sites (tertiary alicyclic amines) is 1. The second-order valence-electron chi connectivity index (χ2n) is 4.75. The monoisotopic (exact) mass is 274 g/mol. The van der Waals surface area contributed by atoms with Crippen LogP contribution in [0, 0.1) is 0 Å². The van der Waals surface area contributed by atoms with Crippen molar-refractivity contribution in [1.29, 1.82) is 0 Å². The summed E-state index contributed by atoms with van der Waals surface area (Å²) in [6, 6.07) is -0.0954. The average Bonchev–Trinajstić information content (AvgIpc) is 2.75. The van der Waals surface area contributed by atoms with E-state index in [1.165, 1.54) is 0 Å². The van der Waals surface area contributed by atoms with Gasteiger partial charge in [-0.25, -0.2) is 9.59 Å². The third-order valence-electron chi connectivity index (χ3n) is 3.00. The first-order valence-electron chi connectivity index (χ1n) is 6.52. The van der Waals surface area contributed by atoms with E-state index >= 15 is 0 Å². The summed E-state index contributed by atoms with van der Waals surface area (Å²) in [6.07, 6.45) is 2.02. The number of ether oxygens (including phenoxy) is 1. The molecule has 1 heterocycles. The zero-order valence-electron chi connectivity index (χ0n) is 11.2. The van der Waals surface area contributed by atoms with Crippen LogP contribution in [0.1, 0.15) is 26.2 Å². The predicted molar refractivity (Wildman–Crippen MR) is 67.9 cm³/mol. The maximum absolute atomic E-state index is 11.9. The van der Waals surface area contributed by atoms with Crippen molar-refractivity contribution >= 4 is 12.0 Å². The molecule has 0 aliphatic carbocycles. The lowest BCUT2D eigenvalue weighted by Crippen LogP contribution is -2.44. The molecule has 0 saturated carbocycles. The Balaban J connectivity index is 2.22. The first-order valence-corrected chi connectivity index (χ1v) is 6.52. The summed E-state index contributed by atoms with van der Waals surface area (Å²) in [5, 5.41) is 20.4. The summed E-state index contributed by atoms with van der Waals surface area (Å²) in [7, 11) is 0. The van der Waals surface area contributed by atoms with E-state index in [0.29, 0.717) is 13.0 Å². The Morgan fingerprint density at radius 3 is 2.89 bits per heavy atom. The van der Waals surface area contributed by atoms with Crippen LogP contribution < -0.4 is 5.32 Å². The van der Waals surface area contributed by atoms with Gasteiger partial charge in [0.1, 0.15) is 6.61 Å². The van der Waals surface area contributed by atoms with Crippen LogP contribution in [0.5, 0.6) is 0 Å². The summed E-state index contributed by atoms with van der Waals surface area (Å²) in [6.45, 7) is 2.51. The maximum atomic E-state index is 11.9. The Bertz CT molecular complexity index is 308. The molecule has 0 aromatic rings. The van der Waals surface area contributed by atoms with Gasteiger partial charge in [-0.15, -0.1) is 0 Å². The molecule has 7 heteroatoms. The number of rotatable bonds is 7. The van der Waals surface area contributed by atoms with Crippen molar-refractivity contribution < 1.29 is 24.5 Å². The van der Waals surface area contributed by atoms with Crippen LogP contribution in [0.15, 0.2) is 0 Å². The van der Waals surface area contributed by atoms with Gasteiger partial charge < -0.3 is 25.2 Å². The summed E-state index contributed by atoms with van der Waals surface area (Å²) in [5.74, 6) is -1.03. The van der Waals surface area contributed by atoms with E-state index in [0.717, 1.165) is 12.8 Å². The maximum Gasteiger partial charge on any atom is 0.329 e. The van der Waals surface area contributed by atoms with E-state index in [4.69, 9.17) is 9.84 Å². The topological polar surface area (TPSA) is 99.1 Å². The third kappa shape index (κ3) is 5.89. The summed E-state index contributed by atoms with van der Waals surface area (Å²) in [5.41, 5.74) is 0. The molecule has 0 radical (unpaired) electrons. The van der Waals surface area contributed by atoms with E-state index in [1.54, 1.807) is 11.8 Å². The van der Waals surface area contributed by atoms with E-state index in [9.17, 15) is 14.7 Å². The number of aliphatic carboxylic acids is 1. The Kier molecular flexibility index (Phi) is 6.58. The molecule has 0 spiro atoms. The fraction of sp³-hybridized carbons (Fsp3) is 0.833. The zero-order chi connectivity index (χ0) is 14.3. The molecule has 3 N–H and O–H groups in total. The number of aliphatic hydroxyl groups excluding tert-OH is 1. The summed E-state index contributed by atoms with van der Waals surface area (Å²) >= 11 is 0. The average molecular weight is 274 g/mol. The fourth-order valence-electron chi connectivity index (χ4n) is 2.23.